The fourth-order valence-corrected chi connectivity index (χ4v) is 2.50. The summed E-state index contributed by atoms with van der Waals surface area (Å²) in [5.74, 6) is 0.612. The maximum atomic E-state index is 12.1. The number of hydrogen-bond donors (Lipinski definition) is 3. The Bertz CT molecular complexity index is 427. The fourth-order valence-electron chi connectivity index (χ4n) is 2.50. The molecule has 4 N–H and O–H groups in total. The number of amides is 1. The Balaban J connectivity index is 1.97. The summed E-state index contributed by atoms with van der Waals surface area (Å²) < 4.78 is 0. The van der Waals surface area contributed by atoms with Crippen molar-refractivity contribution in [2.45, 2.75) is 52.0 Å². The van der Waals surface area contributed by atoms with E-state index in [9.17, 15) is 4.79 Å². The minimum absolute atomic E-state index is 0.156. The summed E-state index contributed by atoms with van der Waals surface area (Å²) >= 11 is 0. The quantitative estimate of drug-likeness (QED) is 0.702. The highest BCUT2D eigenvalue weighted by Crippen LogP contribution is 2.23. The Morgan fingerprint density at radius 1 is 1.39 bits per heavy atom. The zero-order valence-electron chi connectivity index (χ0n) is 11.1. The molecular formula is C13H22N4O. The molecule has 18 heavy (non-hydrogen) atoms. The number of rotatable bonds is 2. The number of carbonyl (C=O) groups excluding carboxylic acids is 1. The molecule has 1 fully saturated rings. The maximum Gasteiger partial charge on any atom is 0.274 e. The summed E-state index contributed by atoms with van der Waals surface area (Å²) in [6.45, 7) is 4.09. The summed E-state index contributed by atoms with van der Waals surface area (Å²) in [4.78, 5) is 12.1. The van der Waals surface area contributed by atoms with E-state index in [2.05, 4.69) is 22.4 Å². The smallest absolute Gasteiger partial charge is 0.274 e. The first-order valence-corrected chi connectivity index (χ1v) is 6.69. The average molecular weight is 250 g/mol. The number of nitrogens with two attached hydrogens (primary N) is 1. The number of aryl methyl sites for hydroxylation is 1. The molecule has 2 atom stereocenters. The number of H-pyrrole nitrogens is 1. The predicted molar refractivity (Wildman–Crippen MR) is 71.2 cm³/mol. The summed E-state index contributed by atoms with van der Waals surface area (Å²) in [6, 6.07) is 0.263. The monoisotopic (exact) mass is 250 g/mol. The van der Waals surface area contributed by atoms with Gasteiger partial charge in [0, 0.05) is 6.04 Å². The molecule has 0 aliphatic heterocycles. The van der Waals surface area contributed by atoms with Gasteiger partial charge in [0.05, 0.1) is 11.4 Å². The van der Waals surface area contributed by atoms with E-state index in [4.69, 9.17) is 5.73 Å². The molecule has 1 aliphatic rings. The molecule has 1 aromatic rings. The lowest BCUT2D eigenvalue weighted by Crippen LogP contribution is -2.35. The zero-order valence-corrected chi connectivity index (χ0v) is 11.1. The molecule has 2 unspecified atom stereocenters. The van der Waals surface area contributed by atoms with Gasteiger partial charge in [-0.3, -0.25) is 9.89 Å². The molecule has 1 aromatic heterocycles. The molecule has 0 aromatic carbocycles. The van der Waals surface area contributed by atoms with Crippen molar-refractivity contribution in [1.82, 2.24) is 15.5 Å². The first-order valence-electron chi connectivity index (χ1n) is 6.69. The molecule has 5 nitrogen and oxygen atoms in total. The third kappa shape index (κ3) is 2.83. The van der Waals surface area contributed by atoms with Gasteiger partial charge in [-0.05, 0) is 32.1 Å². The van der Waals surface area contributed by atoms with Gasteiger partial charge >= 0.3 is 0 Å². The third-order valence-corrected chi connectivity index (χ3v) is 3.80. The van der Waals surface area contributed by atoms with E-state index in [0.29, 0.717) is 11.4 Å². The first-order chi connectivity index (χ1) is 8.58. The zero-order chi connectivity index (χ0) is 13.1. The van der Waals surface area contributed by atoms with Crippen LogP contribution in [0, 0.1) is 12.8 Å². The van der Waals surface area contributed by atoms with Crippen molar-refractivity contribution in [2.24, 2.45) is 5.92 Å². The maximum absolute atomic E-state index is 12.1. The number of aromatic amines is 1. The third-order valence-electron chi connectivity index (χ3n) is 3.80. The topological polar surface area (TPSA) is 83.8 Å². The van der Waals surface area contributed by atoms with E-state index in [0.717, 1.165) is 24.5 Å². The summed E-state index contributed by atoms with van der Waals surface area (Å²) in [5.41, 5.74) is 7.33. The SMILES string of the molecule is Cc1[nH]nc(C(=O)NC2CCCC(C)CC2)c1N. The van der Waals surface area contributed by atoms with Crippen LogP contribution in [0.3, 0.4) is 0 Å². The molecule has 0 bridgehead atoms. The van der Waals surface area contributed by atoms with Crippen molar-refractivity contribution in [3.05, 3.63) is 11.4 Å². The van der Waals surface area contributed by atoms with Crippen LogP contribution in [0.2, 0.25) is 0 Å². The van der Waals surface area contributed by atoms with E-state index in [1.165, 1.54) is 19.3 Å². The van der Waals surface area contributed by atoms with Crippen LogP contribution in [0.4, 0.5) is 5.69 Å². The van der Waals surface area contributed by atoms with E-state index in [1.54, 1.807) is 0 Å². The highest BCUT2D eigenvalue weighted by molar-refractivity contribution is 5.97. The van der Waals surface area contributed by atoms with Gasteiger partial charge in [0.1, 0.15) is 0 Å². The number of nitrogens with zero attached hydrogens (tertiary/aromatic N) is 1. The van der Waals surface area contributed by atoms with E-state index >= 15 is 0 Å². The lowest BCUT2D eigenvalue weighted by atomic mass is 10.0. The molecule has 1 aliphatic carbocycles. The largest absolute Gasteiger partial charge is 0.395 e. The van der Waals surface area contributed by atoms with Crippen LogP contribution >= 0.6 is 0 Å². The second kappa shape index (κ2) is 5.42. The van der Waals surface area contributed by atoms with Gasteiger partial charge in [0.15, 0.2) is 5.69 Å². The van der Waals surface area contributed by atoms with Gasteiger partial charge in [0.25, 0.3) is 5.91 Å². The standard InChI is InChI=1S/C13H22N4O/c1-8-4-3-5-10(7-6-8)15-13(18)12-11(14)9(2)16-17-12/h8,10H,3-7,14H2,1-2H3,(H,15,18)(H,16,17). The summed E-state index contributed by atoms with van der Waals surface area (Å²) in [6.07, 6.45) is 5.73. The van der Waals surface area contributed by atoms with E-state index < -0.39 is 0 Å². The molecule has 0 radical (unpaired) electrons. The second-order valence-corrected chi connectivity index (χ2v) is 5.39. The van der Waals surface area contributed by atoms with Crippen molar-refractivity contribution in [1.29, 1.82) is 0 Å². The molecule has 100 valence electrons. The highest BCUT2D eigenvalue weighted by Gasteiger charge is 2.21. The van der Waals surface area contributed by atoms with Crippen LogP contribution in [0.1, 0.15) is 55.2 Å². The number of aromatic nitrogens is 2. The normalized spacial score (nSPS) is 24.6. The minimum Gasteiger partial charge on any atom is -0.395 e. The van der Waals surface area contributed by atoms with Crippen molar-refractivity contribution in [2.75, 3.05) is 5.73 Å². The average Bonchev–Trinajstić information content (AvgIpc) is 2.54. The van der Waals surface area contributed by atoms with Crippen molar-refractivity contribution >= 4 is 11.6 Å². The molecule has 0 saturated heterocycles. The van der Waals surface area contributed by atoms with Crippen LogP contribution in [-0.4, -0.2) is 22.1 Å². The van der Waals surface area contributed by atoms with Gasteiger partial charge in [-0.2, -0.15) is 5.10 Å². The number of carbonyl (C=O) groups is 1. The summed E-state index contributed by atoms with van der Waals surface area (Å²) in [7, 11) is 0. The lowest BCUT2D eigenvalue weighted by molar-refractivity contribution is 0.0929. The van der Waals surface area contributed by atoms with Crippen LogP contribution in [0.5, 0.6) is 0 Å². The molecule has 2 rings (SSSR count). The Morgan fingerprint density at radius 3 is 2.83 bits per heavy atom. The molecule has 1 saturated carbocycles. The minimum atomic E-state index is -0.156. The first kappa shape index (κ1) is 12.9. The highest BCUT2D eigenvalue weighted by atomic mass is 16.2. The van der Waals surface area contributed by atoms with Gasteiger partial charge in [-0.1, -0.05) is 19.8 Å². The van der Waals surface area contributed by atoms with Crippen LogP contribution in [0.15, 0.2) is 0 Å². The number of anilines is 1. The molecule has 0 spiro atoms. The van der Waals surface area contributed by atoms with E-state index in [1.807, 2.05) is 6.92 Å². The molecule has 5 heteroatoms. The van der Waals surface area contributed by atoms with Crippen LogP contribution in [0.25, 0.3) is 0 Å². The Labute approximate surface area is 108 Å². The van der Waals surface area contributed by atoms with Gasteiger partial charge in [-0.15, -0.1) is 0 Å². The van der Waals surface area contributed by atoms with E-state index in [-0.39, 0.29) is 11.9 Å². The van der Waals surface area contributed by atoms with Crippen molar-refractivity contribution in [3.63, 3.8) is 0 Å². The Hall–Kier alpha value is -1.52. The number of nitrogens with one attached hydrogen (secondary N) is 2. The van der Waals surface area contributed by atoms with Crippen molar-refractivity contribution in [3.8, 4) is 0 Å². The Morgan fingerprint density at radius 2 is 2.17 bits per heavy atom. The summed E-state index contributed by atoms with van der Waals surface area (Å²) in [5, 5.41) is 9.74. The number of hydrogen-bond acceptors (Lipinski definition) is 3. The second-order valence-electron chi connectivity index (χ2n) is 5.39. The number of nitrogen functional groups attached to an aromatic ring is 1. The molecular weight excluding hydrogens is 228 g/mol. The molecule has 1 heterocycles. The van der Waals surface area contributed by atoms with Gasteiger partial charge in [0.2, 0.25) is 0 Å². The predicted octanol–water partition coefficient (Wildman–Crippen LogP) is 2.00. The van der Waals surface area contributed by atoms with Gasteiger partial charge in [-0.25, -0.2) is 0 Å². The van der Waals surface area contributed by atoms with Crippen LogP contribution in [-0.2, 0) is 0 Å². The molecule has 1 amide bonds. The van der Waals surface area contributed by atoms with Crippen LogP contribution < -0.4 is 11.1 Å². The Kier molecular flexibility index (Phi) is 3.89. The lowest BCUT2D eigenvalue weighted by Gasteiger charge is -2.15. The van der Waals surface area contributed by atoms with Gasteiger partial charge < -0.3 is 11.1 Å². The fraction of sp³-hybridized carbons (Fsp3) is 0.692. The van der Waals surface area contributed by atoms with Crippen molar-refractivity contribution < 1.29 is 4.79 Å².